The van der Waals surface area contributed by atoms with E-state index >= 15 is 0 Å². The fraction of sp³-hybridized carbons (Fsp3) is 0.167. The molecule has 0 aliphatic heterocycles. The maximum atomic E-state index is 3.63. The molecule has 0 aliphatic carbocycles. The van der Waals surface area contributed by atoms with Crippen LogP contribution in [0.2, 0.25) is 0 Å². The zero-order valence-electron chi connectivity index (χ0n) is 4.78. The molecule has 0 saturated carbocycles. The molecule has 0 fully saturated rings. The van der Waals surface area contributed by atoms with Gasteiger partial charge in [0.25, 0.3) is 0 Å². The van der Waals surface area contributed by atoms with E-state index in [-0.39, 0.29) is 0 Å². The fourth-order valence-corrected chi connectivity index (χ4v) is 0.600. The summed E-state index contributed by atoms with van der Waals surface area (Å²) in [7, 11) is 1.13. The first-order chi connectivity index (χ1) is 3.31. The molecule has 0 amide bonds. The Hall–Kier alpha value is -0.303. The van der Waals surface area contributed by atoms with Crippen molar-refractivity contribution < 1.29 is 0 Å². The van der Waals surface area contributed by atoms with Crippen molar-refractivity contribution in [2.75, 3.05) is 0 Å². The number of allylic oxidation sites excluding steroid dienone is 2. The van der Waals surface area contributed by atoms with Crippen molar-refractivity contribution in [1.82, 2.24) is 0 Å². The number of hydrogen-bond acceptors (Lipinski definition) is 0. The largest absolute Gasteiger partial charge is 0.103 e. The lowest BCUT2D eigenvalue weighted by Gasteiger charge is -1.94. The van der Waals surface area contributed by atoms with Crippen LogP contribution in [0.25, 0.3) is 0 Å². The smallest absolute Gasteiger partial charge is 0.0165 e. The lowest BCUT2D eigenvalue weighted by molar-refractivity contribution is 1.24. The van der Waals surface area contributed by atoms with Gasteiger partial charge < -0.3 is 0 Å². The first-order valence-electron chi connectivity index (χ1n) is 2.37. The molecule has 1 radical (unpaired) electrons. The SMILES string of the molecule is C=CC[C]([SiH3])C=C. The van der Waals surface area contributed by atoms with Gasteiger partial charge in [-0.2, -0.15) is 0 Å². The third-order valence-corrected chi connectivity index (χ3v) is 1.63. The molecule has 1 heteroatoms. The summed E-state index contributed by atoms with van der Waals surface area (Å²) in [6.45, 7) is 7.23. The maximum Gasteiger partial charge on any atom is 0.0165 e. The molecule has 0 aromatic heterocycles. The molecular formula is C6H11Si. The van der Waals surface area contributed by atoms with Gasteiger partial charge in [0.15, 0.2) is 0 Å². The quantitative estimate of drug-likeness (QED) is 0.370. The van der Waals surface area contributed by atoms with Crippen molar-refractivity contribution in [2.45, 2.75) is 6.42 Å². The molecular weight excluding hydrogens is 100 g/mol. The first kappa shape index (κ1) is 6.70. The molecule has 0 aromatic rings. The Morgan fingerprint density at radius 3 is 2.29 bits per heavy atom. The molecule has 0 aliphatic rings. The van der Waals surface area contributed by atoms with Crippen LogP contribution >= 0.6 is 0 Å². The summed E-state index contributed by atoms with van der Waals surface area (Å²) in [6.07, 6.45) is 4.84. The predicted molar refractivity (Wildman–Crippen MR) is 38.2 cm³/mol. The maximum absolute atomic E-state index is 3.63. The summed E-state index contributed by atoms with van der Waals surface area (Å²) in [6, 6.07) is 0. The van der Waals surface area contributed by atoms with E-state index in [0.717, 1.165) is 16.7 Å². The van der Waals surface area contributed by atoms with Crippen molar-refractivity contribution in [2.24, 2.45) is 0 Å². The van der Waals surface area contributed by atoms with Gasteiger partial charge >= 0.3 is 0 Å². The standard InChI is InChI=1S/C6H11Si/c1-3-5-6(7)4-2/h3-4H,1-2,5H2,7H3. The minimum absolute atomic E-state index is 1.02. The van der Waals surface area contributed by atoms with Gasteiger partial charge in [0.2, 0.25) is 0 Å². The predicted octanol–water partition coefficient (Wildman–Crippen LogP) is 0.646. The molecule has 0 rings (SSSR count). The van der Waals surface area contributed by atoms with Crippen LogP contribution in [0, 0.1) is 5.54 Å². The molecule has 0 bridgehead atoms. The number of rotatable bonds is 3. The average molecular weight is 111 g/mol. The second kappa shape index (κ2) is 3.87. The summed E-state index contributed by atoms with van der Waals surface area (Å²) >= 11 is 0. The van der Waals surface area contributed by atoms with E-state index in [1.54, 1.807) is 0 Å². The van der Waals surface area contributed by atoms with Crippen LogP contribution < -0.4 is 0 Å². The van der Waals surface area contributed by atoms with Gasteiger partial charge in [-0.3, -0.25) is 0 Å². The molecule has 0 unspecified atom stereocenters. The number of hydrogen-bond donors (Lipinski definition) is 0. The van der Waals surface area contributed by atoms with E-state index in [9.17, 15) is 0 Å². The summed E-state index contributed by atoms with van der Waals surface area (Å²) < 4.78 is 0. The molecule has 0 heterocycles. The first-order valence-corrected chi connectivity index (χ1v) is 3.37. The summed E-state index contributed by atoms with van der Waals surface area (Å²) in [5.74, 6) is 0. The van der Waals surface area contributed by atoms with Crippen LogP contribution in [0.5, 0.6) is 0 Å². The third kappa shape index (κ3) is 3.53. The van der Waals surface area contributed by atoms with Gasteiger partial charge in [-0.15, -0.1) is 13.2 Å². The highest BCUT2D eigenvalue weighted by atomic mass is 28.1. The van der Waals surface area contributed by atoms with E-state index in [2.05, 4.69) is 13.2 Å². The second-order valence-electron chi connectivity index (χ2n) is 1.54. The molecule has 0 aromatic carbocycles. The monoisotopic (exact) mass is 111 g/mol. The van der Waals surface area contributed by atoms with Crippen LogP contribution in [0.15, 0.2) is 25.3 Å². The van der Waals surface area contributed by atoms with E-state index in [1.807, 2.05) is 12.2 Å². The van der Waals surface area contributed by atoms with Crippen LogP contribution in [0.3, 0.4) is 0 Å². The highest BCUT2D eigenvalue weighted by Crippen LogP contribution is 1.99. The zero-order chi connectivity index (χ0) is 5.70. The van der Waals surface area contributed by atoms with Crippen LogP contribution in [-0.4, -0.2) is 10.2 Å². The highest BCUT2D eigenvalue weighted by molar-refractivity contribution is 6.20. The Balaban J connectivity index is 3.15. The minimum Gasteiger partial charge on any atom is -0.103 e. The van der Waals surface area contributed by atoms with E-state index in [4.69, 9.17) is 0 Å². The molecule has 0 N–H and O–H groups in total. The van der Waals surface area contributed by atoms with Crippen LogP contribution in [0.4, 0.5) is 0 Å². The second-order valence-corrected chi connectivity index (χ2v) is 2.83. The molecule has 39 valence electrons. The lowest BCUT2D eigenvalue weighted by Crippen LogP contribution is -1.86. The Labute approximate surface area is 48.4 Å². The Kier molecular flexibility index (Phi) is 3.70. The molecule has 0 nitrogen and oxygen atoms in total. The fourth-order valence-electron chi connectivity index (χ4n) is 0.311. The van der Waals surface area contributed by atoms with E-state index in [1.165, 1.54) is 5.54 Å². The Bertz CT molecular complexity index is 66.6. The zero-order valence-corrected chi connectivity index (χ0v) is 6.78. The normalized spacial score (nSPS) is 9.29. The molecule has 0 saturated heterocycles. The highest BCUT2D eigenvalue weighted by Gasteiger charge is 1.87. The Morgan fingerprint density at radius 2 is 2.14 bits per heavy atom. The molecule has 0 atom stereocenters. The van der Waals surface area contributed by atoms with E-state index < -0.39 is 0 Å². The summed E-state index contributed by atoms with van der Waals surface area (Å²) in [4.78, 5) is 0. The summed E-state index contributed by atoms with van der Waals surface area (Å²) in [5.41, 5.74) is 1.41. The van der Waals surface area contributed by atoms with Crippen molar-refractivity contribution in [3.05, 3.63) is 30.9 Å². The van der Waals surface area contributed by atoms with Crippen molar-refractivity contribution in [3.8, 4) is 0 Å². The summed E-state index contributed by atoms with van der Waals surface area (Å²) in [5, 5.41) is 0. The van der Waals surface area contributed by atoms with Crippen molar-refractivity contribution >= 4 is 10.2 Å². The van der Waals surface area contributed by atoms with Gasteiger partial charge in [-0.25, -0.2) is 0 Å². The Morgan fingerprint density at radius 1 is 1.57 bits per heavy atom. The minimum atomic E-state index is 1.02. The third-order valence-electron chi connectivity index (χ3n) is 0.815. The van der Waals surface area contributed by atoms with Crippen LogP contribution in [-0.2, 0) is 0 Å². The van der Waals surface area contributed by atoms with Crippen molar-refractivity contribution in [3.63, 3.8) is 0 Å². The van der Waals surface area contributed by atoms with Gasteiger partial charge in [-0.1, -0.05) is 12.2 Å². The van der Waals surface area contributed by atoms with Gasteiger partial charge in [0, 0.05) is 10.2 Å². The topological polar surface area (TPSA) is 0 Å². The van der Waals surface area contributed by atoms with Crippen LogP contribution in [0.1, 0.15) is 6.42 Å². The average Bonchev–Trinajstić information content (AvgIpc) is 1.68. The van der Waals surface area contributed by atoms with Gasteiger partial charge in [0.05, 0.1) is 0 Å². The molecule has 0 spiro atoms. The van der Waals surface area contributed by atoms with Gasteiger partial charge in [-0.05, 0) is 12.0 Å². The molecule has 7 heavy (non-hydrogen) atoms. The lowest BCUT2D eigenvalue weighted by atomic mass is 10.3. The van der Waals surface area contributed by atoms with Crippen molar-refractivity contribution in [1.29, 1.82) is 0 Å². The van der Waals surface area contributed by atoms with E-state index in [0.29, 0.717) is 0 Å². The van der Waals surface area contributed by atoms with Gasteiger partial charge in [0.1, 0.15) is 0 Å².